The minimum absolute atomic E-state index is 0.0200. The average Bonchev–Trinajstić information content (AvgIpc) is 3.31. The van der Waals surface area contributed by atoms with Gasteiger partial charge in [0.25, 0.3) is 5.84 Å². The number of nitrogens with zero attached hydrogens (tertiary/aromatic N) is 3. The highest BCUT2D eigenvalue weighted by atomic mass is 32.1. The number of hydrogen-bond acceptors (Lipinski definition) is 8. The first kappa shape index (κ1) is 25.8. The van der Waals surface area contributed by atoms with E-state index in [0.29, 0.717) is 17.9 Å². The first-order valence-electron chi connectivity index (χ1n) is 12.4. The van der Waals surface area contributed by atoms with Crippen LogP contribution < -0.4 is 20.2 Å². The monoisotopic (exact) mass is 532 g/mol. The number of carbonyl (C=O) groups excluding carboxylic acids is 1. The molecule has 1 saturated heterocycles. The van der Waals surface area contributed by atoms with Crippen molar-refractivity contribution in [3.05, 3.63) is 82.9 Å². The number of quaternary nitrogens is 1. The number of ether oxygens (including phenoxy) is 3. The van der Waals surface area contributed by atoms with Gasteiger partial charge in [-0.15, -0.1) is 10.0 Å². The van der Waals surface area contributed by atoms with Crippen LogP contribution in [-0.2, 0) is 11.3 Å². The number of amidine groups is 1. The van der Waals surface area contributed by atoms with Gasteiger partial charge in [0, 0.05) is 18.2 Å². The van der Waals surface area contributed by atoms with Crippen molar-refractivity contribution in [2.24, 2.45) is 15.9 Å². The Morgan fingerprint density at radius 1 is 1.16 bits per heavy atom. The first-order valence-corrected chi connectivity index (χ1v) is 12.8. The maximum atomic E-state index is 12.0. The molecule has 196 valence electrons. The van der Waals surface area contributed by atoms with Crippen LogP contribution in [0.15, 0.2) is 76.2 Å². The quantitative estimate of drug-likeness (QED) is 0.303. The summed E-state index contributed by atoms with van der Waals surface area (Å²) in [6.45, 7) is 1.34. The summed E-state index contributed by atoms with van der Waals surface area (Å²) in [5.41, 5.74) is 7.78. The lowest BCUT2D eigenvalue weighted by Crippen LogP contribution is -2.56. The number of hydrogen-bond donors (Lipinski definition) is 2. The van der Waals surface area contributed by atoms with E-state index < -0.39 is 0 Å². The van der Waals surface area contributed by atoms with Gasteiger partial charge in [0.05, 0.1) is 62.3 Å². The standard InChI is InChI=1S/C28H29N5O4S/c1-35-21-11-10-20(24(15-21)36-2)16-31-33-14-13-29-17-23(33)25(22-5-4-12-30-27(22)38)32-26(33)18-6-8-19(9-7-18)28(34)37-3/h6-11,13-15,17,22,31H,4-5,12,16H2,1-3H3/p+1. The Bertz CT molecular complexity index is 1380. The van der Waals surface area contributed by atoms with Crippen LogP contribution in [0.3, 0.4) is 0 Å². The van der Waals surface area contributed by atoms with E-state index in [9.17, 15) is 4.79 Å². The molecule has 0 aromatic heterocycles. The van der Waals surface area contributed by atoms with Crippen molar-refractivity contribution in [1.29, 1.82) is 0 Å². The first-order chi connectivity index (χ1) is 18.5. The molecule has 1 fully saturated rings. The summed E-state index contributed by atoms with van der Waals surface area (Å²) in [7, 11) is 4.64. The number of aliphatic imine (C=N–C) groups is 2. The highest BCUT2D eigenvalue weighted by Gasteiger charge is 2.49. The number of esters is 1. The van der Waals surface area contributed by atoms with Crippen molar-refractivity contribution >= 4 is 35.2 Å². The molecule has 10 heteroatoms. The molecule has 38 heavy (non-hydrogen) atoms. The second-order valence-corrected chi connectivity index (χ2v) is 9.51. The average molecular weight is 533 g/mol. The van der Waals surface area contributed by atoms with E-state index in [1.165, 1.54) is 7.11 Å². The van der Waals surface area contributed by atoms with Gasteiger partial charge < -0.3 is 19.5 Å². The van der Waals surface area contributed by atoms with E-state index >= 15 is 0 Å². The number of thiocarbonyl (C=S) groups is 1. The fourth-order valence-corrected chi connectivity index (χ4v) is 5.29. The highest BCUT2D eigenvalue weighted by molar-refractivity contribution is 7.80. The molecule has 3 aliphatic rings. The summed E-state index contributed by atoms with van der Waals surface area (Å²) >= 11 is 5.72. The summed E-state index contributed by atoms with van der Waals surface area (Å²) < 4.78 is 16.0. The molecular weight excluding hydrogens is 502 g/mol. The molecular formula is C28H30N5O4S+. The van der Waals surface area contributed by atoms with Gasteiger partial charge in [-0.2, -0.15) is 4.99 Å². The number of allylic oxidation sites excluding steroid dienone is 1. The Balaban J connectivity index is 1.58. The van der Waals surface area contributed by atoms with Crippen LogP contribution in [0.1, 0.15) is 34.3 Å². The maximum absolute atomic E-state index is 12.0. The zero-order valence-electron chi connectivity index (χ0n) is 21.6. The normalized spacial score (nSPS) is 22.0. The SMILES string of the molecule is COC(=O)c1ccc(C2=NC(C3CCCNC3=S)=C3C=NC=C[N+]23NCc2ccc(OC)cc2OC)cc1. The third-order valence-corrected chi connectivity index (χ3v) is 7.40. The third kappa shape index (κ3) is 4.62. The van der Waals surface area contributed by atoms with Gasteiger partial charge in [0.1, 0.15) is 23.4 Å². The van der Waals surface area contributed by atoms with Gasteiger partial charge in [-0.05, 0) is 43.2 Å². The third-order valence-electron chi connectivity index (χ3n) is 6.97. The predicted octanol–water partition coefficient (Wildman–Crippen LogP) is 3.87. The molecule has 2 N–H and O–H groups in total. The Morgan fingerprint density at radius 2 is 1.97 bits per heavy atom. The number of benzene rings is 2. The zero-order valence-corrected chi connectivity index (χ0v) is 22.4. The van der Waals surface area contributed by atoms with E-state index in [4.69, 9.17) is 31.4 Å². The van der Waals surface area contributed by atoms with Crippen LogP contribution in [0.25, 0.3) is 0 Å². The van der Waals surface area contributed by atoms with E-state index in [1.54, 1.807) is 32.6 Å². The van der Waals surface area contributed by atoms with Gasteiger partial charge in [0.15, 0.2) is 0 Å². The largest absolute Gasteiger partial charge is 0.497 e. The van der Waals surface area contributed by atoms with Crippen molar-refractivity contribution in [2.45, 2.75) is 19.4 Å². The van der Waals surface area contributed by atoms with Crippen LogP contribution >= 0.6 is 12.2 Å². The molecule has 0 radical (unpaired) electrons. The lowest BCUT2D eigenvalue weighted by Gasteiger charge is -2.33. The van der Waals surface area contributed by atoms with Gasteiger partial charge in [-0.25, -0.2) is 4.79 Å². The highest BCUT2D eigenvalue weighted by Crippen LogP contribution is 2.39. The van der Waals surface area contributed by atoms with Crippen molar-refractivity contribution in [2.75, 3.05) is 27.9 Å². The summed E-state index contributed by atoms with van der Waals surface area (Å²) in [5.74, 6) is 1.79. The predicted molar refractivity (Wildman–Crippen MR) is 149 cm³/mol. The molecule has 0 bridgehead atoms. The molecule has 2 aromatic carbocycles. The topological polar surface area (TPSA) is 93.5 Å². The summed E-state index contributed by atoms with van der Waals surface area (Å²) in [6, 6.07) is 13.0. The Kier molecular flexibility index (Phi) is 7.37. The molecule has 5 rings (SSSR count). The molecule has 0 amide bonds. The molecule has 0 spiro atoms. The fraction of sp³-hybridized carbons (Fsp3) is 0.286. The summed E-state index contributed by atoms with van der Waals surface area (Å²) in [4.78, 5) is 22.5. The Morgan fingerprint density at radius 3 is 2.68 bits per heavy atom. The van der Waals surface area contributed by atoms with Crippen molar-refractivity contribution in [3.63, 3.8) is 0 Å². The molecule has 2 aromatic rings. The number of carbonyl (C=O) groups is 1. The number of rotatable bonds is 8. The number of methoxy groups -OCH3 is 3. The van der Waals surface area contributed by atoms with Crippen molar-refractivity contribution < 1.29 is 23.6 Å². The van der Waals surface area contributed by atoms with Crippen molar-refractivity contribution in [3.8, 4) is 11.5 Å². The molecule has 3 aliphatic heterocycles. The smallest absolute Gasteiger partial charge is 0.337 e. The van der Waals surface area contributed by atoms with Crippen LogP contribution in [0, 0.1) is 5.92 Å². The van der Waals surface area contributed by atoms with Gasteiger partial charge in [-0.1, -0.05) is 18.3 Å². The van der Waals surface area contributed by atoms with E-state index in [2.05, 4.69) is 15.7 Å². The number of piperidine rings is 1. The van der Waals surface area contributed by atoms with Gasteiger partial charge in [0.2, 0.25) is 5.70 Å². The Hall–Kier alpha value is -3.86. The van der Waals surface area contributed by atoms with Crippen molar-refractivity contribution in [1.82, 2.24) is 10.7 Å². The molecule has 2 unspecified atom stereocenters. The van der Waals surface area contributed by atoms with Crippen LogP contribution in [0.4, 0.5) is 0 Å². The molecule has 2 atom stereocenters. The van der Waals surface area contributed by atoms with Crippen LogP contribution in [0.2, 0.25) is 0 Å². The molecule has 0 saturated carbocycles. The second kappa shape index (κ2) is 10.9. The van der Waals surface area contributed by atoms with E-state index in [1.807, 2.05) is 42.7 Å². The maximum Gasteiger partial charge on any atom is 0.337 e. The fourth-order valence-electron chi connectivity index (χ4n) is 4.96. The molecule has 0 aliphatic carbocycles. The summed E-state index contributed by atoms with van der Waals surface area (Å²) in [5, 5.41) is 3.34. The van der Waals surface area contributed by atoms with E-state index in [-0.39, 0.29) is 16.5 Å². The molecule has 9 nitrogen and oxygen atoms in total. The van der Waals surface area contributed by atoms with Crippen LogP contribution in [0.5, 0.6) is 11.5 Å². The lowest BCUT2D eigenvalue weighted by atomic mass is 9.95. The Labute approximate surface area is 227 Å². The van der Waals surface area contributed by atoms with Gasteiger partial charge in [-0.3, -0.25) is 4.99 Å². The second-order valence-electron chi connectivity index (χ2n) is 9.07. The summed E-state index contributed by atoms with van der Waals surface area (Å²) in [6.07, 6.45) is 7.51. The minimum atomic E-state index is -0.387. The molecule has 3 heterocycles. The van der Waals surface area contributed by atoms with E-state index in [0.717, 1.165) is 58.5 Å². The van der Waals surface area contributed by atoms with Gasteiger partial charge >= 0.3 is 5.97 Å². The van der Waals surface area contributed by atoms with Crippen LogP contribution in [-0.4, -0.2) is 55.5 Å². The lowest BCUT2D eigenvalue weighted by molar-refractivity contribution is -0.791. The minimum Gasteiger partial charge on any atom is -0.497 e. The zero-order chi connectivity index (χ0) is 26.7. The number of fused-ring (bicyclic) bond motifs is 1. The number of nitrogens with one attached hydrogen (secondary N) is 2.